The highest BCUT2D eigenvalue weighted by molar-refractivity contribution is 8.27. The number of thioether (sulfide) groups is 2. The second kappa shape index (κ2) is 14.4. The van der Waals surface area contributed by atoms with E-state index in [1.54, 1.807) is 34.1 Å². The fourth-order valence-electron chi connectivity index (χ4n) is 5.81. The van der Waals surface area contributed by atoms with E-state index in [1.165, 1.54) is 33.3 Å². The SMILES string of the molecule is O=C(CCCN1C(=O)C(=Cc2ccc3c(c2)OCO3)SC1=S)N1CCN(C(=O)CCN2C(=O)C(=Cc3ccc4c(c3)OCO4)SC2=S)CC1. The standard InChI is InChI=1S/C33H30N4O8S4/c38-28(2-1-8-36-30(40)26(48-32(36)46)16-20-3-5-22-24(14-20)44-18-42-22)34-10-12-35(13-11-34)29(39)7-9-37-31(41)27(49-33(37)47)17-21-4-6-23-25(15-21)45-19-43-23/h3-6,14-17H,1-2,7-13,18-19H2. The molecule has 0 aliphatic carbocycles. The number of piperazine rings is 1. The predicted octanol–water partition coefficient (Wildman–Crippen LogP) is 4.09. The minimum Gasteiger partial charge on any atom is -0.454 e. The molecule has 0 spiro atoms. The van der Waals surface area contributed by atoms with E-state index in [1.807, 2.05) is 24.3 Å². The van der Waals surface area contributed by atoms with Crippen LogP contribution in [0.25, 0.3) is 12.2 Å². The van der Waals surface area contributed by atoms with E-state index in [-0.39, 0.29) is 56.6 Å². The average Bonchev–Trinajstić information content (AvgIpc) is 3.88. The molecule has 0 radical (unpaired) electrons. The summed E-state index contributed by atoms with van der Waals surface area (Å²) < 4.78 is 22.4. The van der Waals surface area contributed by atoms with Crippen molar-refractivity contribution < 1.29 is 38.1 Å². The number of rotatable bonds is 9. The first kappa shape index (κ1) is 33.4. The van der Waals surface area contributed by atoms with Crippen molar-refractivity contribution in [1.29, 1.82) is 0 Å². The number of carbonyl (C=O) groups excluding carboxylic acids is 4. The topological polar surface area (TPSA) is 118 Å². The van der Waals surface area contributed by atoms with Gasteiger partial charge in [0.25, 0.3) is 11.8 Å². The highest BCUT2D eigenvalue weighted by Crippen LogP contribution is 2.38. The van der Waals surface area contributed by atoms with Gasteiger partial charge in [-0.15, -0.1) is 0 Å². The summed E-state index contributed by atoms with van der Waals surface area (Å²) in [6.07, 6.45) is 4.40. The monoisotopic (exact) mass is 738 g/mol. The van der Waals surface area contributed by atoms with Crippen molar-refractivity contribution in [2.75, 3.05) is 52.9 Å². The summed E-state index contributed by atoms with van der Waals surface area (Å²) in [4.78, 5) is 59.6. The fourth-order valence-corrected chi connectivity index (χ4v) is 8.43. The molecule has 5 aliphatic rings. The summed E-state index contributed by atoms with van der Waals surface area (Å²) in [6.45, 7) is 2.53. The number of ether oxygens (including phenoxy) is 4. The third kappa shape index (κ3) is 7.27. The Morgan fingerprint density at radius 3 is 1.61 bits per heavy atom. The molecular weight excluding hydrogens is 709 g/mol. The molecule has 0 bridgehead atoms. The minimum absolute atomic E-state index is 0.0275. The third-order valence-electron chi connectivity index (χ3n) is 8.44. The average molecular weight is 739 g/mol. The van der Waals surface area contributed by atoms with E-state index in [2.05, 4.69) is 0 Å². The number of benzene rings is 2. The molecule has 0 saturated carbocycles. The molecule has 2 aromatic carbocycles. The zero-order valence-electron chi connectivity index (χ0n) is 26.1. The minimum atomic E-state index is -0.234. The molecule has 254 valence electrons. The number of fused-ring (bicyclic) bond motifs is 2. The summed E-state index contributed by atoms with van der Waals surface area (Å²) in [5.74, 6) is 2.06. The van der Waals surface area contributed by atoms with Gasteiger partial charge in [-0.05, 0) is 54.0 Å². The second-order valence-corrected chi connectivity index (χ2v) is 14.9. The van der Waals surface area contributed by atoms with Crippen molar-refractivity contribution in [1.82, 2.24) is 19.6 Å². The van der Waals surface area contributed by atoms with Crippen LogP contribution in [0, 0.1) is 0 Å². The van der Waals surface area contributed by atoms with Gasteiger partial charge < -0.3 is 28.7 Å². The van der Waals surface area contributed by atoms with Crippen LogP contribution >= 0.6 is 48.0 Å². The first-order valence-electron chi connectivity index (χ1n) is 15.6. The van der Waals surface area contributed by atoms with Crippen LogP contribution < -0.4 is 18.9 Å². The van der Waals surface area contributed by atoms with Crippen molar-refractivity contribution in [3.05, 3.63) is 57.3 Å². The molecule has 0 atom stereocenters. The lowest BCUT2D eigenvalue weighted by molar-refractivity contribution is -0.140. The number of nitrogens with zero attached hydrogens (tertiary/aromatic N) is 4. The lowest BCUT2D eigenvalue weighted by atomic mass is 10.2. The Balaban J connectivity index is 0.833. The molecule has 0 N–H and O–H groups in total. The molecule has 0 unspecified atom stereocenters. The van der Waals surface area contributed by atoms with Gasteiger partial charge in [-0.3, -0.25) is 29.0 Å². The van der Waals surface area contributed by atoms with Gasteiger partial charge in [0.1, 0.15) is 8.64 Å². The van der Waals surface area contributed by atoms with Crippen LogP contribution in [-0.4, -0.2) is 105 Å². The van der Waals surface area contributed by atoms with Crippen molar-refractivity contribution in [2.24, 2.45) is 0 Å². The normalized spacial score (nSPS) is 20.1. The molecule has 3 saturated heterocycles. The number of amides is 4. The van der Waals surface area contributed by atoms with Crippen molar-refractivity contribution >= 4 is 92.4 Å². The van der Waals surface area contributed by atoms with Gasteiger partial charge in [0.05, 0.1) is 9.81 Å². The maximum Gasteiger partial charge on any atom is 0.266 e. The predicted molar refractivity (Wildman–Crippen MR) is 192 cm³/mol. The molecule has 5 aliphatic heterocycles. The van der Waals surface area contributed by atoms with Gasteiger partial charge in [0, 0.05) is 52.1 Å². The second-order valence-electron chi connectivity index (χ2n) is 11.5. The van der Waals surface area contributed by atoms with Crippen molar-refractivity contribution in [3.8, 4) is 23.0 Å². The molecular formula is C33H30N4O8S4. The van der Waals surface area contributed by atoms with Gasteiger partial charge in [0.15, 0.2) is 23.0 Å². The largest absolute Gasteiger partial charge is 0.454 e. The Bertz CT molecular complexity index is 1820. The van der Waals surface area contributed by atoms with E-state index in [4.69, 9.17) is 43.4 Å². The van der Waals surface area contributed by atoms with E-state index in [9.17, 15) is 19.2 Å². The summed E-state index contributed by atoms with van der Waals surface area (Å²) in [6, 6.07) is 10.9. The number of hydrogen-bond donors (Lipinski definition) is 0. The van der Waals surface area contributed by atoms with Crippen LogP contribution in [0.5, 0.6) is 23.0 Å². The molecule has 5 heterocycles. The lowest BCUT2D eigenvalue weighted by Crippen LogP contribution is -2.51. The van der Waals surface area contributed by atoms with Crippen LogP contribution in [0.15, 0.2) is 46.2 Å². The highest BCUT2D eigenvalue weighted by atomic mass is 32.2. The maximum atomic E-state index is 13.1. The van der Waals surface area contributed by atoms with E-state index in [0.29, 0.717) is 80.6 Å². The Morgan fingerprint density at radius 2 is 1.10 bits per heavy atom. The Kier molecular flexibility index (Phi) is 9.80. The van der Waals surface area contributed by atoms with Gasteiger partial charge in [-0.25, -0.2) is 0 Å². The molecule has 2 aromatic rings. The van der Waals surface area contributed by atoms with Gasteiger partial charge in [-0.1, -0.05) is 60.1 Å². The Morgan fingerprint density at radius 1 is 0.653 bits per heavy atom. The fraction of sp³-hybridized carbons (Fsp3) is 0.333. The molecule has 4 amide bonds. The van der Waals surface area contributed by atoms with E-state index < -0.39 is 0 Å². The maximum absolute atomic E-state index is 13.1. The number of hydrogen-bond acceptors (Lipinski definition) is 12. The highest BCUT2D eigenvalue weighted by Gasteiger charge is 2.34. The summed E-state index contributed by atoms with van der Waals surface area (Å²) in [7, 11) is 0. The first-order valence-corrected chi connectivity index (χ1v) is 18.0. The van der Waals surface area contributed by atoms with Crippen molar-refractivity contribution in [3.63, 3.8) is 0 Å². The van der Waals surface area contributed by atoms with Crippen LogP contribution in [0.3, 0.4) is 0 Å². The first-order chi connectivity index (χ1) is 23.7. The molecule has 3 fully saturated rings. The summed E-state index contributed by atoms with van der Waals surface area (Å²) in [5.41, 5.74) is 1.60. The molecule has 12 nitrogen and oxygen atoms in total. The number of carbonyl (C=O) groups is 4. The van der Waals surface area contributed by atoms with Gasteiger partial charge >= 0.3 is 0 Å². The number of thiocarbonyl (C=S) groups is 2. The van der Waals surface area contributed by atoms with Crippen LogP contribution in [-0.2, 0) is 19.2 Å². The lowest BCUT2D eigenvalue weighted by Gasteiger charge is -2.35. The van der Waals surface area contributed by atoms with Crippen molar-refractivity contribution in [2.45, 2.75) is 19.3 Å². The van der Waals surface area contributed by atoms with Crippen LogP contribution in [0.1, 0.15) is 30.4 Å². The zero-order valence-corrected chi connectivity index (χ0v) is 29.4. The third-order valence-corrected chi connectivity index (χ3v) is 11.2. The molecule has 7 rings (SSSR count). The molecule has 16 heteroatoms. The van der Waals surface area contributed by atoms with Gasteiger partial charge in [-0.2, -0.15) is 0 Å². The van der Waals surface area contributed by atoms with Crippen LogP contribution in [0.4, 0.5) is 0 Å². The Labute approximate surface area is 301 Å². The molecule has 49 heavy (non-hydrogen) atoms. The smallest absolute Gasteiger partial charge is 0.266 e. The zero-order chi connectivity index (χ0) is 34.1. The summed E-state index contributed by atoms with van der Waals surface area (Å²) in [5, 5.41) is 0. The Hall–Kier alpha value is -4.12. The van der Waals surface area contributed by atoms with Crippen LogP contribution in [0.2, 0.25) is 0 Å². The van der Waals surface area contributed by atoms with E-state index >= 15 is 0 Å². The molecule has 0 aromatic heterocycles. The summed E-state index contributed by atoms with van der Waals surface area (Å²) >= 11 is 13.3. The van der Waals surface area contributed by atoms with Gasteiger partial charge in [0.2, 0.25) is 25.4 Å². The quantitative estimate of drug-likeness (QED) is 0.273. The van der Waals surface area contributed by atoms with E-state index in [0.717, 1.165) is 11.1 Å².